The number of aryl methyl sites for hydroxylation is 1. The number of nitrogens with zero attached hydrogens (tertiary/aromatic N) is 3. The van der Waals surface area contributed by atoms with Gasteiger partial charge in [0.05, 0.1) is 6.54 Å². The average Bonchev–Trinajstić information content (AvgIpc) is 2.63. The van der Waals surface area contributed by atoms with E-state index in [9.17, 15) is 22.4 Å². The molecule has 96 valence electrons. The topological polar surface area (TPSA) is 38.1 Å². The van der Waals surface area contributed by atoms with Crippen molar-refractivity contribution in [3.63, 3.8) is 0 Å². The summed E-state index contributed by atoms with van der Waals surface area (Å²) in [6.07, 6.45) is -1.04. The highest BCUT2D eigenvalue weighted by Crippen LogP contribution is 2.25. The minimum atomic E-state index is -4.67. The molecule has 1 aromatic rings. The van der Waals surface area contributed by atoms with E-state index in [1.807, 2.05) is 0 Å². The van der Waals surface area contributed by atoms with E-state index < -0.39 is 18.3 Å². The number of carbonyl (C=O) groups is 1. The molecule has 0 atom stereocenters. The Balaban J connectivity index is 2.75. The Kier molecular flexibility index (Phi) is 3.74. The molecule has 0 spiro atoms. The maximum absolute atomic E-state index is 12.8. The molecule has 0 N–H and O–H groups in total. The Morgan fingerprint density at radius 1 is 1.59 bits per heavy atom. The molecule has 0 unspecified atom stereocenters. The van der Waals surface area contributed by atoms with Crippen LogP contribution in [0.15, 0.2) is 12.4 Å². The molecule has 1 rings (SSSR count). The van der Waals surface area contributed by atoms with Gasteiger partial charge in [-0.15, -0.1) is 0 Å². The fourth-order valence-corrected chi connectivity index (χ4v) is 1.18. The van der Waals surface area contributed by atoms with E-state index in [-0.39, 0.29) is 6.54 Å². The number of imidazole rings is 1. The quantitative estimate of drug-likeness (QED) is 0.758. The first-order valence-electron chi connectivity index (χ1n) is 4.64. The van der Waals surface area contributed by atoms with E-state index in [1.54, 1.807) is 13.2 Å². The van der Waals surface area contributed by atoms with Gasteiger partial charge < -0.3 is 9.47 Å². The molecule has 0 aliphatic carbocycles. The van der Waals surface area contributed by atoms with Crippen LogP contribution in [0.4, 0.5) is 17.6 Å². The minimum Gasteiger partial charge on any atom is -0.337 e. The van der Waals surface area contributed by atoms with Crippen LogP contribution in [-0.4, -0.2) is 39.8 Å². The number of hydrogen-bond acceptors (Lipinski definition) is 2. The summed E-state index contributed by atoms with van der Waals surface area (Å²) < 4.78 is 50.9. The number of hydrogen-bond donors (Lipinski definition) is 0. The van der Waals surface area contributed by atoms with Gasteiger partial charge in [0.25, 0.3) is 5.91 Å². The number of halogens is 4. The highest BCUT2D eigenvalue weighted by molar-refractivity contribution is 5.83. The maximum atomic E-state index is 12.8. The molecule has 0 saturated carbocycles. The molecule has 0 aromatic carbocycles. The first kappa shape index (κ1) is 13.5. The van der Waals surface area contributed by atoms with Gasteiger partial charge in [0, 0.05) is 26.5 Å². The largest absolute Gasteiger partial charge is 0.383 e. The van der Waals surface area contributed by atoms with Crippen molar-refractivity contribution in [1.82, 2.24) is 14.5 Å². The van der Waals surface area contributed by atoms with E-state index in [2.05, 4.69) is 4.98 Å². The van der Waals surface area contributed by atoms with Gasteiger partial charge in [-0.25, -0.2) is 13.8 Å². The van der Waals surface area contributed by atoms with Crippen molar-refractivity contribution >= 4 is 5.91 Å². The molecule has 1 aromatic heterocycles. The predicted octanol–water partition coefficient (Wildman–Crippen LogP) is 1.28. The number of aromatic nitrogens is 2. The standard InChI is InChI=1S/C9H11F4N3O/c1-15-4-3-14-6(15)5-16(2)8(17)9(12,13)7(10)11/h3-4,7H,5H2,1-2H3. The van der Waals surface area contributed by atoms with Crippen molar-refractivity contribution < 1.29 is 22.4 Å². The second-order valence-corrected chi connectivity index (χ2v) is 3.54. The van der Waals surface area contributed by atoms with Crippen LogP contribution in [0.25, 0.3) is 0 Å². The fourth-order valence-electron chi connectivity index (χ4n) is 1.18. The number of alkyl halides is 4. The summed E-state index contributed by atoms with van der Waals surface area (Å²) in [6.45, 7) is -0.259. The third-order valence-corrected chi connectivity index (χ3v) is 2.21. The van der Waals surface area contributed by atoms with Crippen molar-refractivity contribution in [1.29, 1.82) is 0 Å². The normalized spacial score (nSPS) is 11.9. The lowest BCUT2D eigenvalue weighted by Crippen LogP contribution is -2.46. The molecule has 0 aliphatic heterocycles. The summed E-state index contributed by atoms with van der Waals surface area (Å²) in [7, 11) is 2.62. The fraction of sp³-hybridized carbons (Fsp3) is 0.556. The zero-order valence-electron chi connectivity index (χ0n) is 9.20. The lowest BCUT2D eigenvalue weighted by atomic mass is 10.3. The third-order valence-electron chi connectivity index (χ3n) is 2.21. The Bertz CT molecular complexity index is 405. The van der Waals surface area contributed by atoms with Crippen molar-refractivity contribution in [2.75, 3.05) is 7.05 Å². The van der Waals surface area contributed by atoms with Gasteiger partial charge in [-0.1, -0.05) is 0 Å². The molecule has 0 fully saturated rings. The van der Waals surface area contributed by atoms with E-state index in [0.29, 0.717) is 10.7 Å². The summed E-state index contributed by atoms with van der Waals surface area (Å²) in [5.74, 6) is -6.26. The monoisotopic (exact) mass is 253 g/mol. The van der Waals surface area contributed by atoms with Crippen molar-refractivity contribution in [3.8, 4) is 0 Å². The molecule has 0 bridgehead atoms. The van der Waals surface area contributed by atoms with Gasteiger partial charge in [0.15, 0.2) is 0 Å². The van der Waals surface area contributed by atoms with Crippen LogP contribution in [0.2, 0.25) is 0 Å². The highest BCUT2D eigenvalue weighted by atomic mass is 19.3. The summed E-state index contributed by atoms with van der Waals surface area (Å²) in [5.41, 5.74) is 0. The van der Waals surface area contributed by atoms with Crippen LogP contribution in [0, 0.1) is 0 Å². The van der Waals surface area contributed by atoms with Gasteiger partial charge in [-0.05, 0) is 0 Å². The summed E-state index contributed by atoms with van der Waals surface area (Å²) in [6, 6.07) is 0. The zero-order valence-corrected chi connectivity index (χ0v) is 9.20. The number of amides is 1. The molecule has 0 saturated heterocycles. The van der Waals surface area contributed by atoms with E-state index in [0.717, 1.165) is 7.05 Å². The Labute approximate surface area is 94.8 Å². The van der Waals surface area contributed by atoms with Crippen LogP contribution in [0.1, 0.15) is 5.82 Å². The molecular weight excluding hydrogens is 242 g/mol. The van der Waals surface area contributed by atoms with Crippen molar-refractivity contribution in [2.45, 2.75) is 18.9 Å². The van der Waals surface area contributed by atoms with Gasteiger partial charge in [-0.3, -0.25) is 4.79 Å². The smallest absolute Gasteiger partial charge is 0.337 e. The lowest BCUT2D eigenvalue weighted by Gasteiger charge is -2.22. The zero-order chi connectivity index (χ0) is 13.2. The van der Waals surface area contributed by atoms with Gasteiger partial charge in [-0.2, -0.15) is 8.78 Å². The molecule has 17 heavy (non-hydrogen) atoms. The summed E-state index contributed by atoms with van der Waals surface area (Å²) in [5, 5.41) is 0. The molecule has 8 heteroatoms. The molecule has 1 amide bonds. The summed E-state index contributed by atoms with van der Waals surface area (Å²) >= 11 is 0. The molecule has 4 nitrogen and oxygen atoms in total. The molecular formula is C9H11F4N3O. The minimum absolute atomic E-state index is 0.259. The first-order valence-corrected chi connectivity index (χ1v) is 4.64. The van der Waals surface area contributed by atoms with E-state index >= 15 is 0 Å². The maximum Gasteiger partial charge on any atom is 0.383 e. The van der Waals surface area contributed by atoms with Crippen LogP contribution in [0.5, 0.6) is 0 Å². The van der Waals surface area contributed by atoms with Gasteiger partial charge in [0.1, 0.15) is 5.82 Å². The van der Waals surface area contributed by atoms with Crippen LogP contribution >= 0.6 is 0 Å². The average molecular weight is 253 g/mol. The van der Waals surface area contributed by atoms with Crippen molar-refractivity contribution in [2.24, 2.45) is 7.05 Å². The second kappa shape index (κ2) is 4.72. The number of carbonyl (C=O) groups excluding carboxylic acids is 1. The van der Waals surface area contributed by atoms with E-state index in [4.69, 9.17) is 0 Å². The van der Waals surface area contributed by atoms with Gasteiger partial charge in [0.2, 0.25) is 0 Å². The summed E-state index contributed by atoms with van der Waals surface area (Å²) in [4.78, 5) is 15.4. The Morgan fingerprint density at radius 3 is 2.59 bits per heavy atom. The highest BCUT2D eigenvalue weighted by Gasteiger charge is 2.50. The first-order chi connectivity index (χ1) is 7.76. The third kappa shape index (κ3) is 2.75. The van der Waals surface area contributed by atoms with E-state index in [1.165, 1.54) is 10.8 Å². The van der Waals surface area contributed by atoms with Gasteiger partial charge >= 0.3 is 12.3 Å². The SMILES string of the molecule is CN(Cc1nccn1C)C(=O)C(F)(F)C(F)F. The number of rotatable bonds is 4. The lowest BCUT2D eigenvalue weighted by molar-refractivity contribution is -0.179. The van der Waals surface area contributed by atoms with Crippen LogP contribution in [0.3, 0.4) is 0 Å². The molecule has 0 aliphatic rings. The molecule has 0 radical (unpaired) electrons. The van der Waals surface area contributed by atoms with Crippen LogP contribution < -0.4 is 0 Å². The van der Waals surface area contributed by atoms with Crippen molar-refractivity contribution in [3.05, 3.63) is 18.2 Å². The van der Waals surface area contributed by atoms with Crippen LogP contribution in [-0.2, 0) is 18.4 Å². The Morgan fingerprint density at radius 2 is 2.18 bits per heavy atom. The molecule has 1 heterocycles. The second-order valence-electron chi connectivity index (χ2n) is 3.54. The predicted molar refractivity (Wildman–Crippen MR) is 50.6 cm³/mol. The Hall–Kier alpha value is -1.60.